The van der Waals surface area contributed by atoms with E-state index in [4.69, 9.17) is 14.2 Å². The van der Waals surface area contributed by atoms with Crippen LogP contribution in [0.25, 0.3) is 0 Å². The van der Waals surface area contributed by atoms with E-state index in [-0.39, 0.29) is 23.8 Å². The standard InChI is InChI=1S/C27H32FN3O4S/c1-18(29-27(32)19-16-22(33-2)26(35-4)23(17-19)34-3)25(24-6-5-15-36-24)31-13-11-30(12-14-31)21-9-7-20(28)8-10-21/h5-10,15-18,25H,11-14H2,1-4H3,(H,29,32)/t18-,25+/m0/s1. The van der Waals surface area contributed by atoms with Crippen molar-refractivity contribution >= 4 is 22.9 Å². The van der Waals surface area contributed by atoms with Crippen molar-refractivity contribution in [2.75, 3.05) is 52.4 Å². The number of carbonyl (C=O) groups is 1. The monoisotopic (exact) mass is 513 g/mol. The van der Waals surface area contributed by atoms with Crippen LogP contribution >= 0.6 is 11.3 Å². The van der Waals surface area contributed by atoms with Gasteiger partial charge in [0.05, 0.1) is 27.4 Å². The van der Waals surface area contributed by atoms with E-state index in [2.05, 4.69) is 26.6 Å². The smallest absolute Gasteiger partial charge is 0.251 e. The summed E-state index contributed by atoms with van der Waals surface area (Å²) in [6, 6.07) is 14.0. The Morgan fingerprint density at radius 1 is 0.972 bits per heavy atom. The van der Waals surface area contributed by atoms with Crippen LogP contribution in [0.2, 0.25) is 0 Å². The number of rotatable bonds is 9. The van der Waals surface area contributed by atoms with Gasteiger partial charge >= 0.3 is 0 Å². The summed E-state index contributed by atoms with van der Waals surface area (Å²) >= 11 is 1.69. The molecule has 4 rings (SSSR count). The minimum Gasteiger partial charge on any atom is -0.493 e. The quantitative estimate of drug-likeness (QED) is 0.452. The molecule has 0 unspecified atom stereocenters. The van der Waals surface area contributed by atoms with Crippen molar-refractivity contribution < 1.29 is 23.4 Å². The number of carbonyl (C=O) groups excluding carboxylic acids is 1. The molecular formula is C27H32FN3O4S. The third kappa shape index (κ3) is 5.57. The lowest BCUT2D eigenvalue weighted by atomic mass is 10.0. The van der Waals surface area contributed by atoms with Crippen LogP contribution in [0.15, 0.2) is 53.9 Å². The van der Waals surface area contributed by atoms with Gasteiger partial charge in [0.25, 0.3) is 5.91 Å². The topological polar surface area (TPSA) is 63.3 Å². The lowest BCUT2D eigenvalue weighted by molar-refractivity contribution is 0.0890. The van der Waals surface area contributed by atoms with Crippen molar-refractivity contribution in [3.63, 3.8) is 0 Å². The summed E-state index contributed by atoms with van der Waals surface area (Å²) in [6.07, 6.45) is 0. The number of nitrogens with zero attached hydrogens (tertiary/aromatic N) is 2. The zero-order valence-electron chi connectivity index (χ0n) is 21.0. The van der Waals surface area contributed by atoms with Crippen LogP contribution < -0.4 is 24.4 Å². The summed E-state index contributed by atoms with van der Waals surface area (Å²) in [6.45, 7) is 5.32. The molecule has 0 radical (unpaired) electrons. The third-order valence-corrected chi connectivity index (χ3v) is 7.44. The molecule has 2 atom stereocenters. The van der Waals surface area contributed by atoms with Gasteiger partial charge in [-0.25, -0.2) is 4.39 Å². The number of hydrogen-bond donors (Lipinski definition) is 1. The highest BCUT2D eigenvalue weighted by Gasteiger charge is 2.31. The van der Waals surface area contributed by atoms with E-state index in [0.29, 0.717) is 22.8 Å². The van der Waals surface area contributed by atoms with E-state index in [9.17, 15) is 9.18 Å². The van der Waals surface area contributed by atoms with Crippen molar-refractivity contribution in [2.45, 2.75) is 19.0 Å². The Balaban J connectivity index is 1.50. The number of halogens is 1. The first-order chi connectivity index (χ1) is 17.4. The number of piperazine rings is 1. The molecule has 2 aromatic carbocycles. The number of ether oxygens (including phenoxy) is 3. The first-order valence-electron chi connectivity index (χ1n) is 11.8. The van der Waals surface area contributed by atoms with Gasteiger partial charge in [-0.3, -0.25) is 9.69 Å². The van der Waals surface area contributed by atoms with Gasteiger partial charge in [0.1, 0.15) is 5.82 Å². The summed E-state index contributed by atoms with van der Waals surface area (Å²) in [4.78, 5) is 19.2. The number of benzene rings is 2. The summed E-state index contributed by atoms with van der Waals surface area (Å²) < 4.78 is 29.5. The van der Waals surface area contributed by atoms with E-state index in [1.807, 2.05) is 25.1 Å². The molecule has 0 aliphatic carbocycles. The van der Waals surface area contributed by atoms with Gasteiger partial charge < -0.3 is 24.4 Å². The Labute approximate surface area is 215 Å². The molecule has 1 saturated heterocycles. The lowest BCUT2D eigenvalue weighted by Gasteiger charge is -2.42. The normalized spacial score (nSPS) is 15.8. The van der Waals surface area contributed by atoms with Crippen molar-refractivity contribution in [1.29, 1.82) is 0 Å². The number of methoxy groups -OCH3 is 3. The van der Waals surface area contributed by atoms with Gasteiger partial charge in [0.2, 0.25) is 5.75 Å². The molecule has 2 heterocycles. The van der Waals surface area contributed by atoms with Crippen molar-refractivity contribution in [2.24, 2.45) is 0 Å². The Bertz CT molecular complexity index is 1120. The highest BCUT2D eigenvalue weighted by molar-refractivity contribution is 7.10. The second-order valence-corrected chi connectivity index (χ2v) is 9.62. The Kier molecular flexibility index (Phi) is 8.32. The van der Waals surface area contributed by atoms with Crippen LogP contribution in [0, 0.1) is 5.82 Å². The fraction of sp³-hybridized carbons (Fsp3) is 0.370. The fourth-order valence-electron chi connectivity index (χ4n) is 4.69. The van der Waals surface area contributed by atoms with Crippen LogP contribution in [-0.4, -0.2) is 64.4 Å². The maximum Gasteiger partial charge on any atom is 0.251 e. The molecule has 1 aliphatic heterocycles. The van der Waals surface area contributed by atoms with E-state index in [1.54, 1.807) is 23.5 Å². The molecule has 1 aromatic heterocycles. The summed E-state index contributed by atoms with van der Waals surface area (Å²) in [5.41, 5.74) is 1.45. The number of amides is 1. The van der Waals surface area contributed by atoms with E-state index in [1.165, 1.54) is 38.3 Å². The van der Waals surface area contributed by atoms with E-state index < -0.39 is 0 Å². The van der Waals surface area contributed by atoms with Gasteiger partial charge in [-0.2, -0.15) is 0 Å². The van der Waals surface area contributed by atoms with Crippen LogP contribution in [-0.2, 0) is 0 Å². The molecule has 192 valence electrons. The Morgan fingerprint density at radius 2 is 1.61 bits per heavy atom. The molecule has 0 bridgehead atoms. The minimum atomic E-state index is -0.230. The van der Waals surface area contributed by atoms with Crippen LogP contribution in [0.5, 0.6) is 17.2 Å². The number of hydrogen-bond acceptors (Lipinski definition) is 7. The average Bonchev–Trinajstić information content (AvgIpc) is 3.43. The molecule has 0 spiro atoms. The molecular weight excluding hydrogens is 481 g/mol. The lowest BCUT2D eigenvalue weighted by Crippen LogP contribution is -2.52. The largest absolute Gasteiger partial charge is 0.493 e. The zero-order valence-corrected chi connectivity index (χ0v) is 21.8. The molecule has 1 amide bonds. The minimum absolute atomic E-state index is 0.0198. The van der Waals surface area contributed by atoms with Gasteiger partial charge in [-0.05, 0) is 54.8 Å². The maximum atomic E-state index is 13.3. The van der Waals surface area contributed by atoms with Crippen molar-refractivity contribution in [3.05, 3.63) is 70.2 Å². The van der Waals surface area contributed by atoms with Crippen molar-refractivity contribution in [1.82, 2.24) is 10.2 Å². The number of nitrogens with one attached hydrogen (secondary N) is 1. The molecule has 1 N–H and O–H groups in total. The second kappa shape index (κ2) is 11.6. The van der Waals surface area contributed by atoms with E-state index >= 15 is 0 Å². The molecule has 1 fully saturated rings. The van der Waals surface area contributed by atoms with Crippen LogP contribution in [0.1, 0.15) is 28.2 Å². The molecule has 3 aromatic rings. The molecule has 36 heavy (non-hydrogen) atoms. The average molecular weight is 514 g/mol. The molecule has 0 saturated carbocycles. The van der Waals surface area contributed by atoms with Crippen LogP contribution in [0.3, 0.4) is 0 Å². The summed E-state index contributed by atoms with van der Waals surface area (Å²) in [5, 5.41) is 5.25. The SMILES string of the molecule is COc1cc(C(=O)N[C@@H](C)[C@H](c2cccs2)N2CCN(c3ccc(F)cc3)CC2)cc(OC)c1OC. The summed E-state index contributed by atoms with van der Waals surface area (Å²) in [7, 11) is 4.59. The Hall–Kier alpha value is -3.30. The predicted molar refractivity (Wildman–Crippen MR) is 140 cm³/mol. The van der Waals surface area contributed by atoms with Gasteiger partial charge in [-0.15, -0.1) is 11.3 Å². The van der Waals surface area contributed by atoms with Gasteiger partial charge in [0.15, 0.2) is 11.5 Å². The van der Waals surface area contributed by atoms with E-state index in [0.717, 1.165) is 31.9 Å². The van der Waals surface area contributed by atoms with Gasteiger partial charge in [-0.1, -0.05) is 6.07 Å². The first-order valence-corrected chi connectivity index (χ1v) is 12.7. The Morgan fingerprint density at radius 3 is 2.14 bits per heavy atom. The molecule has 1 aliphatic rings. The second-order valence-electron chi connectivity index (χ2n) is 8.64. The fourth-order valence-corrected chi connectivity index (χ4v) is 5.66. The zero-order chi connectivity index (χ0) is 25.7. The molecule has 9 heteroatoms. The van der Waals surface area contributed by atoms with Gasteiger partial charge in [0, 0.05) is 48.3 Å². The van der Waals surface area contributed by atoms with Crippen LogP contribution in [0.4, 0.5) is 10.1 Å². The summed E-state index contributed by atoms with van der Waals surface area (Å²) in [5.74, 6) is 0.864. The predicted octanol–water partition coefficient (Wildman–Crippen LogP) is 4.59. The first kappa shape index (κ1) is 25.8. The highest BCUT2D eigenvalue weighted by Crippen LogP contribution is 2.38. The van der Waals surface area contributed by atoms with Crippen molar-refractivity contribution in [3.8, 4) is 17.2 Å². The maximum absolute atomic E-state index is 13.3. The molecule has 7 nitrogen and oxygen atoms in total. The highest BCUT2D eigenvalue weighted by atomic mass is 32.1. The third-order valence-electron chi connectivity index (χ3n) is 6.49. The number of thiophene rings is 1. The number of anilines is 1.